The molecule has 1 fully saturated rings. The SMILES string of the molecule is COCCCS(=O)(=O)c1ccc(C(=NOC2CCCC2)C(=O)Nc2cn(C)c(=O)cn2)cc1. The van der Waals surface area contributed by atoms with Crippen LogP contribution < -0.4 is 10.9 Å². The van der Waals surface area contributed by atoms with Gasteiger partial charge in [0.1, 0.15) is 11.9 Å². The molecule has 10 nitrogen and oxygen atoms in total. The summed E-state index contributed by atoms with van der Waals surface area (Å²) in [6, 6.07) is 5.93. The Morgan fingerprint density at radius 3 is 2.58 bits per heavy atom. The van der Waals surface area contributed by atoms with Gasteiger partial charge in [0.25, 0.3) is 11.5 Å². The molecule has 1 aliphatic carbocycles. The van der Waals surface area contributed by atoms with Crippen LogP contribution in [-0.4, -0.2) is 55.2 Å². The number of benzene rings is 1. The Hall–Kier alpha value is -3.05. The number of amides is 1. The zero-order valence-corrected chi connectivity index (χ0v) is 19.5. The maximum Gasteiger partial charge on any atom is 0.279 e. The minimum Gasteiger partial charge on any atom is -0.392 e. The van der Waals surface area contributed by atoms with Gasteiger partial charge in [-0.3, -0.25) is 9.59 Å². The molecule has 1 aliphatic rings. The van der Waals surface area contributed by atoms with Crippen LogP contribution in [0.15, 0.2) is 51.5 Å². The number of hydrogen-bond acceptors (Lipinski definition) is 8. The number of hydrogen-bond donors (Lipinski definition) is 1. The van der Waals surface area contributed by atoms with Gasteiger partial charge in [-0.15, -0.1) is 0 Å². The van der Waals surface area contributed by atoms with Crippen molar-refractivity contribution in [2.45, 2.75) is 43.1 Å². The Morgan fingerprint density at radius 1 is 1.24 bits per heavy atom. The number of aryl methyl sites for hydroxylation is 1. The molecule has 0 atom stereocenters. The highest BCUT2D eigenvalue weighted by Gasteiger charge is 2.21. The second-order valence-electron chi connectivity index (χ2n) is 7.82. The van der Waals surface area contributed by atoms with Crippen molar-refractivity contribution in [1.82, 2.24) is 9.55 Å². The number of methoxy groups -OCH3 is 1. The highest BCUT2D eigenvalue weighted by Crippen LogP contribution is 2.22. The fraction of sp³-hybridized carbons (Fsp3) is 0.455. The minimum absolute atomic E-state index is 0.0131. The van der Waals surface area contributed by atoms with E-state index in [1.807, 2.05) is 0 Å². The summed E-state index contributed by atoms with van der Waals surface area (Å²) in [6.07, 6.45) is 6.62. The lowest BCUT2D eigenvalue weighted by Gasteiger charge is -2.12. The predicted octanol–water partition coefficient (Wildman–Crippen LogP) is 1.89. The number of sulfone groups is 1. The highest BCUT2D eigenvalue weighted by molar-refractivity contribution is 7.91. The molecule has 1 N–H and O–H groups in total. The molecule has 1 aromatic heterocycles. The van der Waals surface area contributed by atoms with Crippen LogP contribution in [0.3, 0.4) is 0 Å². The van der Waals surface area contributed by atoms with Crippen molar-refractivity contribution in [2.75, 3.05) is 24.8 Å². The molecule has 0 aliphatic heterocycles. The first-order valence-electron chi connectivity index (χ1n) is 10.7. The summed E-state index contributed by atoms with van der Waals surface area (Å²) in [5.74, 6) is -0.451. The monoisotopic (exact) mass is 476 g/mol. The smallest absolute Gasteiger partial charge is 0.279 e. The Labute approximate surface area is 192 Å². The maximum atomic E-state index is 13.0. The van der Waals surface area contributed by atoms with E-state index < -0.39 is 15.7 Å². The zero-order valence-electron chi connectivity index (χ0n) is 18.7. The number of anilines is 1. The summed E-state index contributed by atoms with van der Waals surface area (Å²) in [7, 11) is -0.407. The number of ether oxygens (including phenoxy) is 1. The number of nitrogens with one attached hydrogen (secondary N) is 1. The summed E-state index contributed by atoms with van der Waals surface area (Å²) in [6.45, 7) is 0.353. The molecule has 0 bridgehead atoms. The Bertz CT molecular complexity index is 1150. The standard InChI is InChI=1S/C22H28N4O6S/c1-26-15-19(23-14-20(26)27)24-22(28)21(25-32-17-6-3-4-7-17)16-8-10-18(11-9-16)33(29,30)13-5-12-31-2/h8-11,14-15,17H,3-7,12-13H2,1-2H3,(H,24,28). The van der Waals surface area contributed by atoms with E-state index in [0.29, 0.717) is 18.6 Å². The molecule has 1 saturated carbocycles. The van der Waals surface area contributed by atoms with E-state index in [-0.39, 0.29) is 33.8 Å². The summed E-state index contributed by atoms with van der Waals surface area (Å²) in [4.78, 5) is 34.2. The van der Waals surface area contributed by atoms with E-state index in [4.69, 9.17) is 9.57 Å². The molecular weight excluding hydrogens is 448 g/mol. The number of aromatic nitrogens is 2. The average Bonchev–Trinajstić information content (AvgIpc) is 3.30. The zero-order chi connectivity index (χ0) is 23.8. The molecule has 3 rings (SSSR count). The van der Waals surface area contributed by atoms with Gasteiger partial charge in [-0.05, 0) is 44.2 Å². The van der Waals surface area contributed by atoms with Crippen molar-refractivity contribution in [2.24, 2.45) is 12.2 Å². The molecule has 2 aromatic rings. The van der Waals surface area contributed by atoms with Crippen molar-refractivity contribution in [3.63, 3.8) is 0 Å². The summed E-state index contributed by atoms with van der Waals surface area (Å²) in [5, 5.41) is 6.72. The maximum absolute atomic E-state index is 13.0. The van der Waals surface area contributed by atoms with E-state index in [0.717, 1.165) is 31.9 Å². The largest absolute Gasteiger partial charge is 0.392 e. The molecule has 0 radical (unpaired) electrons. The topological polar surface area (TPSA) is 129 Å². The van der Waals surface area contributed by atoms with E-state index in [9.17, 15) is 18.0 Å². The fourth-order valence-corrected chi connectivity index (χ4v) is 4.70. The average molecular weight is 477 g/mol. The Morgan fingerprint density at radius 2 is 1.94 bits per heavy atom. The number of rotatable bonds is 10. The third-order valence-corrected chi connectivity index (χ3v) is 7.09. The van der Waals surface area contributed by atoms with Crippen LogP contribution >= 0.6 is 0 Å². The first kappa shape index (κ1) is 24.6. The van der Waals surface area contributed by atoms with Gasteiger partial charge in [0.15, 0.2) is 15.5 Å². The first-order valence-corrected chi connectivity index (χ1v) is 12.4. The molecule has 11 heteroatoms. The molecule has 0 spiro atoms. The van der Waals surface area contributed by atoms with Gasteiger partial charge in [0, 0.05) is 32.5 Å². The van der Waals surface area contributed by atoms with Crippen molar-refractivity contribution >= 4 is 27.3 Å². The van der Waals surface area contributed by atoms with Crippen molar-refractivity contribution < 1.29 is 22.8 Å². The number of oxime groups is 1. The lowest BCUT2D eigenvalue weighted by atomic mass is 10.1. The molecule has 1 heterocycles. The number of carbonyl (C=O) groups is 1. The van der Waals surface area contributed by atoms with E-state index in [1.54, 1.807) is 7.05 Å². The van der Waals surface area contributed by atoms with Crippen LogP contribution in [0.2, 0.25) is 0 Å². The molecule has 1 aromatic carbocycles. The molecule has 178 valence electrons. The van der Waals surface area contributed by atoms with Crippen LogP contribution in [0.4, 0.5) is 5.82 Å². The van der Waals surface area contributed by atoms with Crippen LogP contribution in [0.25, 0.3) is 0 Å². The second-order valence-corrected chi connectivity index (χ2v) is 9.93. The van der Waals surface area contributed by atoms with Crippen molar-refractivity contribution in [1.29, 1.82) is 0 Å². The molecule has 0 unspecified atom stereocenters. The van der Waals surface area contributed by atoms with Gasteiger partial charge in [0.05, 0.1) is 16.8 Å². The van der Waals surface area contributed by atoms with Gasteiger partial charge in [-0.25, -0.2) is 13.4 Å². The number of carbonyl (C=O) groups excluding carboxylic acids is 1. The van der Waals surface area contributed by atoms with Gasteiger partial charge in [-0.1, -0.05) is 17.3 Å². The van der Waals surface area contributed by atoms with Gasteiger partial charge in [-0.2, -0.15) is 0 Å². The quantitative estimate of drug-likeness (QED) is 0.315. The van der Waals surface area contributed by atoms with Crippen LogP contribution in [-0.2, 0) is 31.3 Å². The normalized spacial score (nSPS) is 14.9. The van der Waals surface area contributed by atoms with Gasteiger partial charge >= 0.3 is 0 Å². The Balaban J connectivity index is 1.83. The Kier molecular flexibility index (Phi) is 8.34. The van der Waals surface area contributed by atoms with E-state index in [2.05, 4.69) is 15.5 Å². The van der Waals surface area contributed by atoms with E-state index in [1.165, 1.54) is 42.1 Å². The molecule has 0 saturated heterocycles. The summed E-state index contributed by atoms with van der Waals surface area (Å²) in [5.41, 5.74) is 0.0702. The summed E-state index contributed by atoms with van der Waals surface area (Å²) < 4.78 is 31.2. The van der Waals surface area contributed by atoms with Crippen LogP contribution in [0.5, 0.6) is 0 Å². The lowest BCUT2D eigenvalue weighted by Crippen LogP contribution is -2.27. The third-order valence-electron chi connectivity index (χ3n) is 5.28. The number of nitrogens with zero attached hydrogens (tertiary/aromatic N) is 3. The fourth-order valence-electron chi connectivity index (χ4n) is 3.41. The van der Waals surface area contributed by atoms with Crippen molar-refractivity contribution in [3.8, 4) is 0 Å². The summed E-state index contributed by atoms with van der Waals surface area (Å²) >= 11 is 0. The van der Waals surface area contributed by atoms with Gasteiger partial charge < -0.3 is 19.5 Å². The van der Waals surface area contributed by atoms with Crippen LogP contribution in [0, 0.1) is 0 Å². The lowest BCUT2D eigenvalue weighted by molar-refractivity contribution is -0.110. The second kappa shape index (κ2) is 11.2. The minimum atomic E-state index is -3.47. The first-order chi connectivity index (χ1) is 15.8. The molecule has 33 heavy (non-hydrogen) atoms. The third kappa shape index (κ3) is 6.72. The van der Waals surface area contributed by atoms with E-state index >= 15 is 0 Å². The highest BCUT2D eigenvalue weighted by atomic mass is 32.2. The van der Waals surface area contributed by atoms with Crippen molar-refractivity contribution in [3.05, 3.63) is 52.6 Å². The molecular formula is C22H28N4O6S. The van der Waals surface area contributed by atoms with Crippen LogP contribution in [0.1, 0.15) is 37.7 Å². The predicted molar refractivity (Wildman–Crippen MR) is 123 cm³/mol. The van der Waals surface area contributed by atoms with Gasteiger partial charge in [0.2, 0.25) is 0 Å². The molecule has 1 amide bonds.